The van der Waals surface area contributed by atoms with Gasteiger partial charge in [0.15, 0.2) is 11.3 Å². The SMILES string of the molecule is NCC1CCc2nnc(-c3c[nH]ccc3=O)n2C1. The van der Waals surface area contributed by atoms with Crippen molar-refractivity contribution in [2.24, 2.45) is 11.7 Å². The second-order valence-electron chi connectivity index (χ2n) is 4.61. The number of fused-ring (bicyclic) bond motifs is 1. The van der Waals surface area contributed by atoms with Gasteiger partial charge in [-0.15, -0.1) is 10.2 Å². The summed E-state index contributed by atoms with van der Waals surface area (Å²) in [5.41, 5.74) is 6.25. The molecule has 6 nitrogen and oxygen atoms in total. The molecule has 1 aliphatic heterocycles. The van der Waals surface area contributed by atoms with Gasteiger partial charge in [0, 0.05) is 31.4 Å². The van der Waals surface area contributed by atoms with Crippen LogP contribution in [0.15, 0.2) is 23.3 Å². The zero-order valence-corrected chi connectivity index (χ0v) is 9.97. The number of pyridine rings is 1. The molecule has 1 aliphatic rings. The van der Waals surface area contributed by atoms with E-state index >= 15 is 0 Å². The highest BCUT2D eigenvalue weighted by Gasteiger charge is 2.23. The first-order valence-electron chi connectivity index (χ1n) is 6.09. The van der Waals surface area contributed by atoms with Gasteiger partial charge in [0.1, 0.15) is 5.82 Å². The van der Waals surface area contributed by atoms with Crippen molar-refractivity contribution >= 4 is 0 Å². The maximum absolute atomic E-state index is 11.8. The third kappa shape index (κ3) is 1.74. The first kappa shape index (κ1) is 11.2. The summed E-state index contributed by atoms with van der Waals surface area (Å²) < 4.78 is 2.02. The number of hydrogen-bond acceptors (Lipinski definition) is 4. The second kappa shape index (κ2) is 4.38. The molecule has 3 N–H and O–H groups in total. The summed E-state index contributed by atoms with van der Waals surface area (Å²) in [5, 5.41) is 8.31. The Kier molecular flexibility index (Phi) is 2.71. The van der Waals surface area contributed by atoms with Crippen LogP contribution in [0.5, 0.6) is 0 Å². The van der Waals surface area contributed by atoms with Crippen LogP contribution in [0.4, 0.5) is 0 Å². The fraction of sp³-hybridized carbons (Fsp3) is 0.417. The average molecular weight is 245 g/mol. The van der Waals surface area contributed by atoms with Crippen LogP contribution >= 0.6 is 0 Å². The Morgan fingerprint density at radius 2 is 2.39 bits per heavy atom. The number of aryl methyl sites for hydroxylation is 1. The minimum Gasteiger partial charge on any atom is -0.367 e. The predicted octanol–water partition coefficient (Wildman–Crippen LogP) is 0.154. The fourth-order valence-corrected chi connectivity index (χ4v) is 2.38. The van der Waals surface area contributed by atoms with Crippen LogP contribution in [0.25, 0.3) is 11.4 Å². The van der Waals surface area contributed by atoms with Crippen LogP contribution in [0.2, 0.25) is 0 Å². The number of aromatic nitrogens is 4. The van der Waals surface area contributed by atoms with Crippen LogP contribution in [0.3, 0.4) is 0 Å². The molecule has 2 aromatic rings. The van der Waals surface area contributed by atoms with E-state index in [1.165, 1.54) is 6.07 Å². The van der Waals surface area contributed by atoms with Crippen molar-refractivity contribution in [2.45, 2.75) is 19.4 Å². The molecule has 0 fully saturated rings. The number of H-pyrrole nitrogens is 1. The van der Waals surface area contributed by atoms with E-state index in [0.717, 1.165) is 25.2 Å². The molecule has 3 rings (SSSR count). The lowest BCUT2D eigenvalue weighted by atomic mass is 9.99. The lowest BCUT2D eigenvalue weighted by Gasteiger charge is -2.22. The third-order valence-electron chi connectivity index (χ3n) is 3.44. The Bertz CT molecular complexity index is 615. The van der Waals surface area contributed by atoms with Crippen LogP contribution in [-0.2, 0) is 13.0 Å². The predicted molar refractivity (Wildman–Crippen MR) is 66.9 cm³/mol. The molecule has 1 unspecified atom stereocenters. The first-order valence-corrected chi connectivity index (χ1v) is 6.09. The van der Waals surface area contributed by atoms with Crippen LogP contribution < -0.4 is 11.2 Å². The highest BCUT2D eigenvalue weighted by molar-refractivity contribution is 5.53. The minimum atomic E-state index is -0.0428. The van der Waals surface area contributed by atoms with Crippen LogP contribution in [0.1, 0.15) is 12.2 Å². The molecule has 0 radical (unpaired) electrons. The van der Waals surface area contributed by atoms with Crippen molar-refractivity contribution in [1.82, 2.24) is 19.7 Å². The van der Waals surface area contributed by atoms with Gasteiger partial charge in [-0.25, -0.2) is 0 Å². The Labute approximate surface area is 104 Å². The molecule has 0 saturated carbocycles. The topological polar surface area (TPSA) is 89.6 Å². The van der Waals surface area contributed by atoms with Gasteiger partial charge in [-0.05, 0) is 18.9 Å². The van der Waals surface area contributed by atoms with Crippen molar-refractivity contribution in [2.75, 3.05) is 6.54 Å². The normalized spacial score (nSPS) is 18.6. The highest BCUT2D eigenvalue weighted by atomic mass is 16.1. The number of hydrogen-bond donors (Lipinski definition) is 2. The molecule has 3 heterocycles. The van der Waals surface area contributed by atoms with E-state index in [1.54, 1.807) is 12.4 Å². The molecule has 0 bridgehead atoms. The van der Waals surface area contributed by atoms with E-state index in [-0.39, 0.29) is 5.43 Å². The second-order valence-corrected chi connectivity index (χ2v) is 4.61. The van der Waals surface area contributed by atoms with E-state index in [1.807, 2.05) is 4.57 Å². The number of nitrogens with zero attached hydrogens (tertiary/aromatic N) is 3. The zero-order chi connectivity index (χ0) is 12.5. The molecule has 1 atom stereocenters. The van der Waals surface area contributed by atoms with E-state index in [2.05, 4.69) is 15.2 Å². The van der Waals surface area contributed by atoms with E-state index in [0.29, 0.717) is 23.9 Å². The quantitative estimate of drug-likeness (QED) is 0.788. The fourth-order valence-electron chi connectivity index (χ4n) is 2.38. The number of rotatable bonds is 2. The van der Waals surface area contributed by atoms with E-state index in [4.69, 9.17) is 5.73 Å². The molecule has 2 aromatic heterocycles. The Balaban J connectivity index is 2.08. The molecule has 0 aliphatic carbocycles. The van der Waals surface area contributed by atoms with Crippen LogP contribution in [0, 0.1) is 5.92 Å². The summed E-state index contributed by atoms with van der Waals surface area (Å²) >= 11 is 0. The summed E-state index contributed by atoms with van der Waals surface area (Å²) in [6.07, 6.45) is 5.20. The summed E-state index contributed by atoms with van der Waals surface area (Å²) in [6, 6.07) is 1.50. The lowest BCUT2D eigenvalue weighted by Crippen LogP contribution is -2.27. The smallest absolute Gasteiger partial charge is 0.192 e. The lowest BCUT2D eigenvalue weighted by molar-refractivity contribution is 0.375. The zero-order valence-electron chi connectivity index (χ0n) is 9.97. The van der Waals surface area contributed by atoms with Gasteiger partial charge in [0.25, 0.3) is 0 Å². The number of nitrogens with two attached hydrogens (primary N) is 1. The summed E-state index contributed by atoms with van der Waals surface area (Å²) in [6.45, 7) is 1.45. The van der Waals surface area contributed by atoms with Crippen molar-refractivity contribution in [3.8, 4) is 11.4 Å². The van der Waals surface area contributed by atoms with Gasteiger partial charge in [-0.1, -0.05) is 0 Å². The van der Waals surface area contributed by atoms with Gasteiger partial charge in [-0.2, -0.15) is 0 Å². The van der Waals surface area contributed by atoms with Crippen molar-refractivity contribution < 1.29 is 0 Å². The van der Waals surface area contributed by atoms with Crippen molar-refractivity contribution in [1.29, 1.82) is 0 Å². The maximum Gasteiger partial charge on any atom is 0.192 e. The summed E-state index contributed by atoms with van der Waals surface area (Å²) in [7, 11) is 0. The Morgan fingerprint density at radius 3 is 3.17 bits per heavy atom. The molecule has 0 amide bonds. The molecule has 0 spiro atoms. The molecular formula is C12H15N5O. The van der Waals surface area contributed by atoms with E-state index in [9.17, 15) is 4.79 Å². The maximum atomic E-state index is 11.8. The van der Waals surface area contributed by atoms with Gasteiger partial charge < -0.3 is 15.3 Å². The molecule has 0 saturated heterocycles. The molecular weight excluding hydrogens is 230 g/mol. The van der Waals surface area contributed by atoms with Gasteiger partial charge in [0.05, 0.1) is 5.56 Å². The standard InChI is InChI=1S/C12H15N5O/c13-5-8-1-2-11-15-16-12(17(11)7-8)9-6-14-4-3-10(9)18/h3-4,6,8H,1-2,5,7,13H2,(H,14,18). The molecule has 94 valence electrons. The number of nitrogens with one attached hydrogen (secondary N) is 1. The number of aromatic amines is 1. The molecule has 0 aromatic carbocycles. The summed E-state index contributed by atoms with van der Waals surface area (Å²) in [4.78, 5) is 14.7. The molecule has 18 heavy (non-hydrogen) atoms. The summed E-state index contributed by atoms with van der Waals surface area (Å²) in [5.74, 6) is 2.03. The molecule has 6 heteroatoms. The van der Waals surface area contributed by atoms with Gasteiger partial charge in [0.2, 0.25) is 0 Å². The van der Waals surface area contributed by atoms with Crippen molar-refractivity contribution in [3.05, 3.63) is 34.5 Å². The van der Waals surface area contributed by atoms with Gasteiger partial charge >= 0.3 is 0 Å². The Morgan fingerprint density at radius 1 is 1.50 bits per heavy atom. The largest absolute Gasteiger partial charge is 0.367 e. The highest BCUT2D eigenvalue weighted by Crippen LogP contribution is 2.23. The monoisotopic (exact) mass is 245 g/mol. The van der Waals surface area contributed by atoms with Crippen LogP contribution in [-0.4, -0.2) is 26.3 Å². The Hall–Kier alpha value is -1.95. The average Bonchev–Trinajstić information content (AvgIpc) is 2.82. The van der Waals surface area contributed by atoms with E-state index < -0.39 is 0 Å². The van der Waals surface area contributed by atoms with Crippen molar-refractivity contribution in [3.63, 3.8) is 0 Å². The van der Waals surface area contributed by atoms with Gasteiger partial charge in [-0.3, -0.25) is 4.79 Å². The third-order valence-corrected chi connectivity index (χ3v) is 3.44. The first-order chi connectivity index (χ1) is 8.79. The minimum absolute atomic E-state index is 0.0428.